The number of nitrogens with one attached hydrogen (secondary N) is 1. The largest absolute Gasteiger partial charge is 0.497 e. The van der Waals surface area contributed by atoms with Crippen LogP contribution in [0.5, 0.6) is 11.5 Å². The van der Waals surface area contributed by atoms with E-state index >= 15 is 0 Å². The van der Waals surface area contributed by atoms with Crippen LogP contribution in [0.15, 0.2) is 48.5 Å². The molecule has 0 aliphatic carbocycles. The van der Waals surface area contributed by atoms with Gasteiger partial charge in [-0.15, -0.1) is 0 Å². The fourth-order valence-electron chi connectivity index (χ4n) is 2.70. The van der Waals surface area contributed by atoms with Crippen molar-refractivity contribution < 1.29 is 24.2 Å². The second-order valence-corrected chi connectivity index (χ2v) is 5.81. The Labute approximate surface area is 152 Å². The fourth-order valence-corrected chi connectivity index (χ4v) is 2.70. The third-order valence-electron chi connectivity index (χ3n) is 4.02. The molecule has 0 saturated carbocycles. The molecule has 0 heterocycles. The first-order chi connectivity index (χ1) is 12.5. The lowest BCUT2D eigenvalue weighted by atomic mass is 10.0. The summed E-state index contributed by atoms with van der Waals surface area (Å²) in [7, 11) is 3.15. The number of hydrogen-bond donors (Lipinski definition) is 2. The second kappa shape index (κ2) is 9.46. The number of ether oxygens (including phenoxy) is 2. The average Bonchev–Trinajstić information content (AvgIpc) is 2.66. The third kappa shape index (κ3) is 5.51. The zero-order valence-electron chi connectivity index (χ0n) is 14.9. The molecule has 6 heteroatoms. The van der Waals surface area contributed by atoms with Crippen LogP contribution in [0.1, 0.15) is 30.0 Å². The molecular weight excluding hydrogens is 334 g/mol. The molecule has 26 heavy (non-hydrogen) atoms. The monoisotopic (exact) mass is 357 g/mol. The van der Waals surface area contributed by atoms with Gasteiger partial charge in [-0.25, -0.2) is 0 Å². The molecule has 1 unspecified atom stereocenters. The van der Waals surface area contributed by atoms with Gasteiger partial charge in [0, 0.05) is 6.42 Å². The van der Waals surface area contributed by atoms with Crippen LogP contribution in [-0.2, 0) is 16.0 Å². The first-order valence-corrected chi connectivity index (χ1v) is 8.30. The van der Waals surface area contributed by atoms with Crippen LogP contribution in [0.4, 0.5) is 0 Å². The van der Waals surface area contributed by atoms with Gasteiger partial charge in [-0.05, 0) is 35.7 Å². The van der Waals surface area contributed by atoms with Gasteiger partial charge in [0.05, 0.1) is 26.7 Å². The fraction of sp³-hybridized carbons (Fsp3) is 0.300. The van der Waals surface area contributed by atoms with Crippen LogP contribution in [0.25, 0.3) is 0 Å². The maximum Gasteiger partial charge on any atom is 0.305 e. The number of rotatable bonds is 9. The highest BCUT2D eigenvalue weighted by Crippen LogP contribution is 2.25. The molecular formula is C20H23NO5. The Morgan fingerprint density at radius 1 is 1.08 bits per heavy atom. The maximum absolute atomic E-state index is 12.4. The molecule has 2 aromatic carbocycles. The molecule has 0 bridgehead atoms. The molecule has 6 nitrogen and oxygen atoms in total. The highest BCUT2D eigenvalue weighted by Gasteiger charge is 2.18. The summed E-state index contributed by atoms with van der Waals surface area (Å²) in [4.78, 5) is 23.5. The van der Waals surface area contributed by atoms with Crippen molar-refractivity contribution in [1.29, 1.82) is 0 Å². The maximum atomic E-state index is 12.4. The minimum atomic E-state index is -0.964. The van der Waals surface area contributed by atoms with Crippen LogP contribution >= 0.6 is 0 Å². The van der Waals surface area contributed by atoms with E-state index in [1.807, 2.05) is 24.3 Å². The van der Waals surface area contributed by atoms with Gasteiger partial charge in [-0.3, -0.25) is 9.59 Å². The van der Waals surface area contributed by atoms with Crippen LogP contribution in [0.2, 0.25) is 0 Å². The van der Waals surface area contributed by atoms with Crippen molar-refractivity contribution in [3.05, 3.63) is 59.7 Å². The van der Waals surface area contributed by atoms with Crippen LogP contribution in [-0.4, -0.2) is 31.2 Å². The van der Waals surface area contributed by atoms with E-state index in [1.54, 1.807) is 38.5 Å². The molecule has 2 aromatic rings. The van der Waals surface area contributed by atoms with Crippen molar-refractivity contribution in [1.82, 2.24) is 5.32 Å². The summed E-state index contributed by atoms with van der Waals surface area (Å²) >= 11 is 0. The summed E-state index contributed by atoms with van der Waals surface area (Å²) in [6.45, 7) is 0. The molecule has 0 saturated heterocycles. The molecule has 138 valence electrons. The molecule has 1 amide bonds. The summed E-state index contributed by atoms with van der Waals surface area (Å²) in [5.74, 6) is 0.191. The quantitative estimate of drug-likeness (QED) is 0.721. The number of carboxylic acids is 1. The SMILES string of the molecule is COc1ccc(OC)c(CCC(=O)NC(CC(=O)O)c2ccccc2)c1. The van der Waals surface area contributed by atoms with E-state index in [1.165, 1.54) is 0 Å². The number of aryl methyl sites for hydroxylation is 1. The Bertz CT molecular complexity index is 745. The Morgan fingerprint density at radius 2 is 1.81 bits per heavy atom. The van der Waals surface area contributed by atoms with Crippen molar-refractivity contribution in [3.63, 3.8) is 0 Å². The highest BCUT2D eigenvalue weighted by molar-refractivity contribution is 5.78. The lowest BCUT2D eigenvalue weighted by Gasteiger charge is -2.18. The van der Waals surface area contributed by atoms with Crippen LogP contribution < -0.4 is 14.8 Å². The van der Waals surface area contributed by atoms with E-state index in [-0.39, 0.29) is 18.7 Å². The first kappa shape index (κ1) is 19.3. The lowest BCUT2D eigenvalue weighted by Crippen LogP contribution is -2.30. The summed E-state index contributed by atoms with van der Waals surface area (Å²) in [5.41, 5.74) is 1.62. The summed E-state index contributed by atoms with van der Waals surface area (Å²) in [6, 6.07) is 13.9. The summed E-state index contributed by atoms with van der Waals surface area (Å²) in [6.07, 6.45) is 0.505. The number of methoxy groups -OCH3 is 2. The highest BCUT2D eigenvalue weighted by atomic mass is 16.5. The third-order valence-corrected chi connectivity index (χ3v) is 4.02. The van der Waals surface area contributed by atoms with Crippen LogP contribution in [0.3, 0.4) is 0 Å². The van der Waals surface area contributed by atoms with E-state index in [0.717, 1.165) is 11.1 Å². The zero-order chi connectivity index (χ0) is 18.9. The van der Waals surface area contributed by atoms with Gasteiger partial charge in [0.15, 0.2) is 0 Å². The van der Waals surface area contributed by atoms with Crippen molar-refractivity contribution in [2.24, 2.45) is 0 Å². The van der Waals surface area contributed by atoms with Crippen molar-refractivity contribution >= 4 is 11.9 Å². The normalized spacial score (nSPS) is 11.5. The van der Waals surface area contributed by atoms with Gasteiger partial charge in [-0.2, -0.15) is 0 Å². The van der Waals surface area contributed by atoms with Crippen molar-refractivity contribution in [2.45, 2.75) is 25.3 Å². The molecule has 2 N–H and O–H groups in total. The predicted octanol–water partition coefficient (Wildman–Crippen LogP) is 2.97. The van der Waals surface area contributed by atoms with E-state index in [4.69, 9.17) is 14.6 Å². The average molecular weight is 357 g/mol. The van der Waals surface area contributed by atoms with E-state index in [9.17, 15) is 9.59 Å². The minimum Gasteiger partial charge on any atom is -0.497 e. The molecule has 0 fully saturated rings. The van der Waals surface area contributed by atoms with Gasteiger partial charge >= 0.3 is 5.97 Å². The number of carboxylic acid groups (broad SMARTS) is 1. The Morgan fingerprint density at radius 3 is 2.42 bits per heavy atom. The molecule has 0 aliphatic heterocycles. The van der Waals surface area contributed by atoms with Crippen LogP contribution in [0, 0.1) is 0 Å². The van der Waals surface area contributed by atoms with E-state index in [0.29, 0.717) is 17.9 Å². The second-order valence-electron chi connectivity index (χ2n) is 5.81. The van der Waals surface area contributed by atoms with Crippen molar-refractivity contribution in [2.75, 3.05) is 14.2 Å². The Hall–Kier alpha value is -3.02. The zero-order valence-corrected chi connectivity index (χ0v) is 14.9. The molecule has 2 rings (SSSR count). The van der Waals surface area contributed by atoms with Gasteiger partial charge in [0.25, 0.3) is 0 Å². The summed E-state index contributed by atoms with van der Waals surface area (Å²) in [5, 5.41) is 11.9. The molecule has 0 spiro atoms. The predicted molar refractivity (Wildman–Crippen MR) is 97.4 cm³/mol. The lowest BCUT2D eigenvalue weighted by molar-refractivity contribution is -0.137. The van der Waals surface area contributed by atoms with E-state index in [2.05, 4.69) is 5.32 Å². The number of benzene rings is 2. The first-order valence-electron chi connectivity index (χ1n) is 8.30. The molecule has 1 atom stereocenters. The number of hydrogen-bond acceptors (Lipinski definition) is 4. The molecule has 0 aliphatic rings. The van der Waals surface area contributed by atoms with Gasteiger partial charge in [0.1, 0.15) is 11.5 Å². The van der Waals surface area contributed by atoms with Gasteiger partial charge in [-0.1, -0.05) is 30.3 Å². The number of carbonyl (C=O) groups excluding carboxylic acids is 1. The molecule has 0 aromatic heterocycles. The number of amides is 1. The Kier molecular flexibility index (Phi) is 7.02. The van der Waals surface area contributed by atoms with Gasteiger partial charge < -0.3 is 19.9 Å². The topological polar surface area (TPSA) is 84.9 Å². The number of carbonyl (C=O) groups is 2. The minimum absolute atomic E-state index is 0.168. The summed E-state index contributed by atoms with van der Waals surface area (Å²) < 4.78 is 10.5. The number of aliphatic carboxylic acids is 1. The Balaban J connectivity index is 2.03. The van der Waals surface area contributed by atoms with E-state index < -0.39 is 12.0 Å². The smallest absolute Gasteiger partial charge is 0.305 e. The standard InChI is InChI=1S/C20H23NO5/c1-25-16-9-10-18(26-2)15(12-16)8-11-19(22)21-17(13-20(23)24)14-6-4-3-5-7-14/h3-7,9-10,12,17H,8,11,13H2,1-2H3,(H,21,22)(H,23,24). The van der Waals surface area contributed by atoms with Crippen molar-refractivity contribution in [3.8, 4) is 11.5 Å². The van der Waals surface area contributed by atoms with Gasteiger partial charge in [0.2, 0.25) is 5.91 Å². The molecule has 0 radical (unpaired) electrons.